The Kier molecular flexibility index (Phi) is 6.52. The van der Waals surface area contributed by atoms with Crippen LogP contribution in [0.5, 0.6) is 0 Å². The van der Waals surface area contributed by atoms with Gasteiger partial charge in [-0.2, -0.15) is 0 Å². The van der Waals surface area contributed by atoms with Crippen LogP contribution in [-0.2, 0) is 15.1 Å². The first-order valence-electron chi connectivity index (χ1n) is 14.2. The topological polar surface area (TPSA) is 58.9 Å². The van der Waals surface area contributed by atoms with Crippen molar-refractivity contribution in [3.05, 3.63) is 71.8 Å². The van der Waals surface area contributed by atoms with E-state index >= 15 is 0 Å². The van der Waals surface area contributed by atoms with Crippen molar-refractivity contribution in [1.82, 2.24) is 0 Å². The first-order chi connectivity index (χ1) is 17.4. The molecule has 0 amide bonds. The fourth-order valence-electron chi connectivity index (χ4n) is 8.82. The highest BCUT2D eigenvalue weighted by Crippen LogP contribution is 2.63. The lowest BCUT2D eigenvalue weighted by Crippen LogP contribution is -2.57. The first kappa shape index (κ1) is 24.6. The van der Waals surface area contributed by atoms with E-state index in [1.165, 1.54) is 12.8 Å². The van der Waals surface area contributed by atoms with E-state index in [0.29, 0.717) is 37.4 Å². The molecule has 4 fully saturated rings. The number of aliphatic hydroxyl groups is 2. The summed E-state index contributed by atoms with van der Waals surface area (Å²) in [7, 11) is 0. The van der Waals surface area contributed by atoms with Crippen molar-refractivity contribution in [1.29, 1.82) is 0 Å². The smallest absolute Gasteiger partial charge is 0.171 e. The zero-order valence-electron chi connectivity index (χ0n) is 21.6. The van der Waals surface area contributed by atoms with Crippen molar-refractivity contribution < 1.29 is 19.7 Å². The molecule has 6 atom stereocenters. The second-order valence-electron chi connectivity index (χ2n) is 12.3. The number of aliphatic hydroxyl groups excluding tert-OH is 1. The highest BCUT2D eigenvalue weighted by atomic mass is 16.7. The molecule has 3 aliphatic carbocycles. The summed E-state index contributed by atoms with van der Waals surface area (Å²) >= 11 is 0. The first-order valence-corrected chi connectivity index (χ1v) is 14.2. The van der Waals surface area contributed by atoms with Gasteiger partial charge in [-0.25, -0.2) is 0 Å². The fraction of sp³-hybridized carbons (Fsp3) is 0.625. The maximum Gasteiger partial charge on any atom is 0.171 e. The van der Waals surface area contributed by atoms with Gasteiger partial charge < -0.3 is 19.7 Å². The Bertz CT molecular complexity index is 977. The summed E-state index contributed by atoms with van der Waals surface area (Å²) in [6.07, 6.45) is 8.84. The van der Waals surface area contributed by atoms with E-state index < -0.39 is 11.4 Å². The van der Waals surface area contributed by atoms with Crippen molar-refractivity contribution in [3.63, 3.8) is 0 Å². The molecule has 2 N–H and O–H groups in total. The number of fused-ring (bicyclic) bond motifs is 3. The quantitative estimate of drug-likeness (QED) is 0.536. The van der Waals surface area contributed by atoms with Gasteiger partial charge >= 0.3 is 0 Å². The van der Waals surface area contributed by atoms with Crippen molar-refractivity contribution in [2.45, 2.75) is 82.2 Å². The molecule has 3 saturated carbocycles. The molecule has 2 aromatic rings. The fourth-order valence-corrected chi connectivity index (χ4v) is 8.82. The molecule has 6 unspecified atom stereocenters. The molecule has 1 aliphatic heterocycles. The molecule has 1 spiro atoms. The maximum absolute atomic E-state index is 12.3. The third-order valence-corrected chi connectivity index (χ3v) is 10.7. The van der Waals surface area contributed by atoms with Crippen LogP contribution in [0.25, 0.3) is 0 Å². The Balaban J connectivity index is 1.32. The Morgan fingerprint density at radius 3 is 2.14 bits per heavy atom. The summed E-state index contributed by atoms with van der Waals surface area (Å²) in [5, 5.41) is 22.7. The molecule has 1 heterocycles. The summed E-state index contributed by atoms with van der Waals surface area (Å²) < 4.78 is 12.9. The maximum atomic E-state index is 12.3. The van der Waals surface area contributed by atoms with E-state index in [1.54, 1.807) is 0 Å². The zero-order valence-corrected chi connectivity index (χ0v) is 21.6. The van der Waals surface area contributed by atoms with Gasteiger partial charge in [0.1, 0.15) is 5.60 Å². The molecule has 2 aromatic carbocycles. The van der Waals surface area contributed by atoms with E-state index in [4.69, 9.17) is 9.47 Å². The van der Waals surface area contributed by atoms with Gasteiger partial charge in [0.15, 0.2) is 5.79 Å². The third kappa shape index (κ3) is 4.05. The minimum atomic E-state index is -1.05. The lowest BCUT2D eigenvalue weighted by atomic mass is 9.47. The second kappa shape index (κ2) is 9.54. The predicted molar refractivity (Wildman–Crippen MR) is 140 cm³/mol. The lowest BCUT2D eigenvalue weighted by Gasteiger charge is -2.60. The summed E-state index contributed by atoms with van der Waals surface area (Å²) in [6, 6.07) is 20.3. The molecule has 4 heteroatoms. The van der Waals surface area contributed by atoms with Crippen LogP contribution in [0.15, 0.2) is 60.7 Å². The molecule has 6 rings (SSSR count). The SMILES string of the molecule is CC12CCC(O)CC1CCC1C(CCC(O)(c3ccccc3)c3ccccc3)C3(CCC12)OCCO3. The van der Waals surface area contributed by atoms with Gasteiger partial charge in [-0.15, -0.1) is 0 Å². The van der Waals surface area contributed by atoms with Crippen LogP contribution < -0.4 is 0 Å². The minimum absolute atomic E-state index is 0.126. The molecule has 4 nitrogen and oxygen atoms in total. The molecule has 0 aromatic heterocycles. The molecule has 0 bridgehead atoms. The largest absolute Gasteiger partial charge is 0.393 e. The number of hydrogen-bond acceptors (Lipinski definition) is 4. The average Bonchev–Trinajstić information content (AvgIpc) is 3.38. The molecular weight excluding hydrogens is 448 g/mol. The highest BCUT2D eigenvalue weighted by molar-refractivity contribution is 5.35. The Labute approximate surface area is 216 Å². The van der Waals surface area contributed by atoms with Crippen LogP contribution in [0.2, 0.25) is 0 Å². The number of ether oxygens (including phenoxy) is 2. The van der Waals surface area contributed by atoms with E-state index in [-0.39, 0.29) is 17.4 Å². The van der Waals surface area contributed by atoms with Crippen LogP contribution in [-0.4, -0.2) is 35.3 Å². The Hall–Kier alpha value is -1.72. The standard InChI is InChI=1S/C32H42O4/c1-30-17-14-26(33)22-25(30)12-13-27-28(30)16-19-32(35-20-21-36-32)29(27)15-18-31(34,23-8-4-2-5-9-23)24-10-6-3-7-11-24/h2-11,25-29,33-34H,12-22H2,1H3. The van der Waals surface area contributed by atoms with E-state index in [9.17, 15) is 10.2 Å². The van der Waals surface area contributed by atoms with Crippen molar-refractivity contribution in [2.24, 2.45) is 29.1 Å². The van der Waals surface area contributed by atoms with Gasteiger partial charge in [0, 0.05) is 12.3 Å². The zero-order chi connectivity index (χ0) is 24.8. The van der Waals surface area contributed by atoms with E-state index in [0.717, 1.165) is 49.7 Å². The van der Waals surface area contributed by atoms with Crippen molar-refractivity contribution >= 4 is 0 Å². The van der Waals surface area contributed by atoms with Gasteiger partial charge in [-0.3, -0.25) is 0 Å². The summed E-state index contributed by atoms with van der Waals surface area (Å²) in [5.41, 5.74) is 1.13. The van der Waals surface area contributed by atoms with Crippen LogP contribution in [0.4, 0.5) is 0 Å². The normalized spacial score (nSPS) is 35.8. The predicted octanol–water partition coefficient (Wildman–Crippen LogP) is 6.05. The third-order valence-electron chi connectivity index (χ3n) is 10.7. The van der Waals surface area contributed by atoms with Gasteiger partial charge in [0.25, 0.3) is 0 Å². The minimum Gasteiger partial charge on any atom is -0.393 e. The second-order valence-corrected chi connectivity index (χ2v) is 12.3. The summed E-state index contributed by atoms with van der Waals surface area (Å²) in [5.74, 6) is 1.54. The monoisotopic (exact) mass is 490 g/mol. The molecule has 0 radical (unpaired) electrons. The van der Waals surface area contributed by atoms with Crippen LogP contribution in [0.1, 0.15) is 75.8 Å². The Morgan fingerprint density at radius 2 is 1.50 bits per heavy atom. The highest BCUT2D eigenvalue weighted by Gasteiger charge is 2.60. The van der Waals surface area contributed by atoms with E-state index in [1.807, 2.05) is 36.4 Å². The summed E-state index contributed by atoms with van der Waals surface area (Å²) in [4.78, 5) is 0. The van der Waals surface area contributed by atoms with Crippen LogP contribution >= 0.6 is 0 Å². The lowest BCUT2D eigenvalue weighted by molar-refractivity contribution is -0.258. The van der Waals surface area contributed by atoms with Crippen molar-refractivity contribution in [2.75, 3.05) is 13.2 Å². The van der Waals surface area contributed by atoms with Gasteiger partial charge in [0.2, 0.25) is 0 Å². The Morgan fingerprint density at radius 1 is 0.861 bits per heavy atom. The molecule has 1 saturated heterocycles. The molecular formula is C32H42O4. The number of hydrogen-bond donors (Lipinski definition) is 2. The number of benzene rings is 2. The van der Waals surface area contributed by atoms with Gasteiger partial charge in [-0.1, -0.05) is 67.6 Å². The molecule has 4 aliphatic rings. The van der Waals surface area contributed by atoms with Gasteiger partial charge in [0.05, 0.1) is 19.3 Å². The van der Waals surface area contributed by atoms with Crippen LogP contribution in [0.3, 0.4) is 0 Å². The van der Waals surface area contributed by atoms with E-state index in [2.05, 4.69) is 31.2 Å². The van der Waals surface area contributed by atoms with Crippen molar-refractivity contribution in [3.8, 4) is 0 Å². The number of rotatable bonds is 5. The molecule has 194 valence electrons. The average molecular weight is 491 g/mol. The molecule has 36 heavy (non-hydrogen) atoms. The van der Waals surface area contributed by atoms with Crippen LogP contribution in [0, 0.1) is 29.1 Å². The van der Waals surface area contributed by atoms with Gasteiger partial charge in [-0.05, 0) is 85.7 Å². The summed E-state index contributed by atoms with van der Waals surface area (Å²) in [6.45, 7) is 3.85.